The summed E-state index contributed by atoms with van der Waals surface area (Å²) in [6, 6.07) is 4.24. The summed E-state index contributed by atoms with van der Waals surface area (Å²) in [4.78, 5) is 18.7. The van der Waals surface area contributed by atoms with Crippen LogP contribution in [0.25, 0.3) is 0 Å². The Kier molecular flexibility index (Phi) is 9.62. The van der Waals surface area contributed by atoms with Gasteiger partial charge in [-0.15, -0.1) is 0 Å². The number of rotatable bonds is 10. The van der Waals surface area contributed by atoms with Crippen LogP contribution < -0.4 is 16.0 Å². The van der Waals surface area contributed by atoms with Crippen LogP contribution in [0.5, 0.6) is 0 Å². The van der Waals surface area contributed by atoms with Gasteiger partial charge in [0.15, 0.2) is 5.96 Å². The number of nitrogens with one attached hydrogen (secondary N) is 3. The minimum absolute atomic E-state index is 0.122. The van der Waals surface area contributed by atoms with Crippen LogP contribution in [0.15, 0.2) is 40.0 Å². The van der Waals surface area contributed by atoms with E-state index in [0.717, 1.165) is 69.2 Å². The van der Waals surface area contributed by atoms with Crippen molar-refractivity contribution in [1.29, 1.82) is 0 Å². The van der Waals surface area contributed by atoms with E-state index in [1.165, 1.54) is 0 Å². The van der Waals surface area contributed by atoms with Crippen molar-refractivity contribution in [1.82, 2.24) is 20.9 Å². The SMILES string of the molecule is C=C(C)CN=C(NCCc1ccco1)NC1CCN(CC(=O)NCCC)CC1. The molecule has 28 heavy (non-hydrogen) atoms. The summed E-state index contributed by atoms with van der Waals surface area (Å²) in [6.07, 6.45) is 5.46. The Labute approximate surface area is 168 Å². The molecular formula is C21H35N5O2. The van der Waals surface area contributed by atoms with Gasteiger partial charge in [0, 0.05) is 38.6 Å². The van der Waals surface area contributed by atoms with Gasteiger partial charge in [-0.05, 0) is 38.3 Å². The number of hydrogen-bond acceptors (Lipinski definition) is 4. The topological polar surface area (TPSA) is 81.9 Å². The Morgan fingerprint density at radius 1 is 1.32 bits per heavy atom. The third-order valence-electron chi connectivity index (χ3n) is 4.62. The van der Waals surface area contributed by atoms with Gasteiger partial charge in [-0.1, -0.05) is 19.1 Å². The zero-order chi connectivity index (χ0) is 20.2. The highest BCUT2D eigenvalue weighted by Gasteiger charge is 2.21. The fourth-order valence-corrected chi connectivity index (χ4v) is 3.08. The highest BCUT2D eigenvalue weighted by Crippen LogP contribution is 2.10. The largest absolute Gasteiger partial charge is 0.469 e. The van der Waals surface area contributed by atoms with Crippen LogP contribution in [0, 0.1) is 0 Å². The van der Waals surface area contributed by atoms with Gasteiger partial charge in [0.1, 0.15) is 5.76 Å². The van der Waals surface area contributed by atoms with Crippen molar-refractivity contribution in [3.05, 3.63) is 36.3 Å². The zero-order valence-electron chi connectivity index (χ0n) is 17.3. The number of nitrogens with zero attached hydrogens (tertiary/aromatic N) is 2. The Bertz CT molecular complexity index is 619. The van der Waals surface area contributed by atoms with Gasteiger partial charge in [0.25, 0.3) is 0 Å². The number of amides is 1. The van der Waals surface area contributed by atoms with E-state index in [0.29, 0.717) is 19.1 Å². The summed E-state index contributed by atoms with van der Waals surface area (Å²) >= 11 is 0. The first-order valence-corrected chi connectivity index (χ1v) is 10.3. The molecule has 1 aromatic heterocycles. The molecule has 1 aliphatic heterocycles. The zero-order valence-corrected chi connectivity index (χ0v) is 17.3. The number of piperidine rings is 1. The molecule has 3 N–H and O–H groups in total. The number of guanidine groups is 1. The van der Waals surface area contributed by atoms with Crippen molar-refractivity contribution in [3.63, 3.8) is 0 Å². The van der Waals surface area contributed by atoms with Crippen molar-refractivity contribution in [3.8, 4) is 0 Å². The summed E-state index contributed by atoms with van der Waals surface area (Å²) in [5.41, 5.74) is 1.03. The molecule has 0 aromatic carbocycles. The van der Waals surface area contributed by atoms with E-state index in [4.69, 9.17) is 4.42 Å². The van der Waals surface area contributed by atoms with Gasteiger partial charge < -0.3 is 20.4 Å². The minimum atomic E-state index is 0.122. The highest BCUT2D eigenvalue weighted by atomic mass is 16.3. The van der Waals surface area contributed by atoms with Gasteiger partial charge in [-0.3, -0.25) is 9.69 Å². The average Bonchev–Trinajstić information content (AvgIpc) is 3.19. The third-order valence-corrected chi connectivity index (χ3v) is 4.62. The van der Waals surface area contributed by atoms with E-state index in [-0.39, 0.29) is 5.91 Å². The van der Waals surface area contributed by atoms with Gasteiger partial charge in [-0.2, -0.15) is 0 Å². The molecule has 0 spiro atoms. The molecule has 2 rings (SSSR count). The van der Waals surface area contributed by atoms with E-state index >= 15 is 0 Å². The van der Waals surface area contributed by atoms with E-state index in [1.54, 1.807) is 6.26 Å². The summed E-state index contributed by atoms with van der Waals surface area (Å²) in [5, 5.41) is 9.87. The molecule has 1 amide bonds. The predicted octanol–water partition coefficient (Wildman–Crippen LogP) is 1.92. The summed E-state index contributed by atoms with van der Waals surface area (Å²) < 4.78 is 5.38. The standard InChI is InChI=1S/C21H35N5O2/c1-4-10-22-20(27)16-26-12-8-18(9-13-26)25-21(24-15-17(2)3)23-11-7-19-6-5-14-28-19/h5-6,14,18H,2,4,7-13,15-16H2,1,3H3,(H,22,27)(H2,23,24,25). The maximum atomic E-state index is 11.9. The first-order chi connectivity index (χ1) is 13.6. The van der Waals surface area contributed by atoms with Gasteiger partial charge in [-0.25, -0.2) is 4.99 Å². The monoisotopic (exact) mass is 389 g/mol. The van der Waals surface area contributed by atoms with E-state index in [9.17, 15) is 4.79 Å². The van der Waals surface area contributed by atoms with Crippen molar-refractivity contribution in [2.45, 2.75) is 45.6 Å². The summed E-state index contributed by atoms with van der Waals surface area (Å²) in [5.74, 6) is 1.90. The van der Waals surface area contributed by atoms with Crippen LogP contribution >= 0.6 is 0 Å². The van der Waals surface area contributed by atoms with Crippen molar-refractivity contribution in [2.75, 3.05) is 39.3 Å². The molecule has 1 fully saturated rings. The number of carbonyl (C=O) groups is 1. The second-order valence-corrected chi connectivity index (χ2v) is 7.42. The van der Waals surface area contributed by atoms with Crippen LogP contribution in [0.1, 0.15) is 38.9 Å². The molecule has 0 bridgehead atoms. The molecule has 2 heterocycles. The predicted molar refractivity (Wildman–Crippen MR) is 113 cm³/mol. The lowest BCUT2D eigenvalue weighted by atomic mass is 10.1. The number of furan rings is 1. The van der Waals surface area contributed by atoms with E-state index < -0.39 is 0 Å². The van der Waals surface area contributed by atoms with E-state index in [1.807, 2.05) is 19.1 Å². The summed E-state index contributed by atoms with van der Waals surface area (Å²) in [7, 11) is 0. The Morgan fingerprint density at radius 3 is 2.75 bits per heavy atom. The van der Waals surface area contributed by atoms with Crippen LogP contribution in [0.2, 0.25) is 0 Å². The highest BCUT2D eigenvalue weighted by molar-refractivity contribution is 5.80. The Balaban J connectivity index is 1.76. The number of carbonyl (C=O) groups excluding carboxylic acids is 1. The molecule has 7 heteroatoms. The molecule has 0 radical (unpaired) electrons. The Morgan fingerprint density at radius 2 is 2.11 bits per heavy atom. The first kappa shape index (κ1) is 22.0. The number of likely N-dealkylation sites (tertiary alicyclic amines) is 1. The third kappa shape index (κ3) is 8.61. The van der Waals surface area contributed by atoms with Gasteiger partial charge in [0.05, 0.1) is 19.4 Å². The quantitative estimate of drug-likeness (QED) is 0.324. The van der Waals surface area contributed by atoms with Crippen LogP contribution in [0.4, 0.5) is 0 Å². The second kappa shape index (κ2) is 12.2. The number of hydrogen-bond donors (Lipinski definition) is 3. The Hall–Kier alpha value is -2.28. The van der Waals surface area contributed by atoms with Gasteiger partial charge in [0.2, 0.25) is 5.91 Å². The van der Waals surface area contributed by atoms with Crippen LogP contribution in [-0.2, 0) is 11.2 Å². The molecule has 0 unspecified atom stereocenters. The lowest BCUT2D eigenvalue weighted by molar-refractivity contribution is -0.122. The van der Waals surface area contributed by atoms with Crippen LogP contribution in [0.3, 0.4) is 0 Å². The molecule has 1 aliphatic rings. The first-order valence-electron chi connectivity index (χ1n) is 10.3. The molecule has 7 nitrogen and oxygen atoms in total. The maximum absolute atomic E-state index is 11.9. The molecule has 156 valence electrons. The number of aliphatic imine (C=N–C) groups is 1. The van der Waals surface area contributed by atoms with Crippen molar-refractivity contribution < 1.29 is 9.21 Å². The van der Waals surface area contributed by atoms with Crippen molar-refractivity contribution in [2.24, 2.45) is 4.99 Å². The van der Waals surface area contributed by atoms with Crippen molar-refractivity contribution >= 4 is 11.9 Å². The lowest BCUT2D eigenvalue weighted by Crippen LogP contribution is -2.50. The van der Waals surface area contributed by atoms with Gasteiger partial charge >= 0.3 is 0 Å². The molecule has 0 saturated carbocycles. The van der Waals surface area contributed by atoms with E-state index in [2.05, 4.69) is 39.3 Å². The van der Waals surface area contributed by atoms with Crippen LogP contribution in [-0.4, -0.2) is 62.1 Å². The second-order valence-electron chi connectivity index (χ2n) is 7.42. The molecule has 0 aliphatic carbocycles. The fraction of sp³-hybridized carbons (Fsp3) is 0.619. The normalized spacial score (nSPS) is 16.0. The molecule has 1 saturated heterocycles. The molecule has 1 aromatic rings. The summed E-state index contributed by atoms with van der Waals surface area (Å²) in [6.45, 7) is 12.4. The lowest BCUT2D eigenvalue weighted by Gasteiger charge is -2.32. The molecular weight excluding hydrogens is 354 g/mol. The smallest absolute Gasteiger partial charge is 0.234 e. The minimum Gasteiger partial charge on any atom is -0.469 e. The maximum Gasteiger partial charge on any atom is 0.234 e. The fourth-order valence-electron chi connectivity index (χ4n) is 3.08. The molecule has 0 atom stereocenters. The average molecular weight is 390 g/mol.